The third kappa shape index (κ3) is 2.50. The van der Waals surface area contributed by atoms with Gasteiger partial charge in [-0.1, -0.05) is 35.5 Å². The van der Waals surface area contributed by atoms with Crippen LogP contribution in [0.15, 0.2) is 41.2 Å². The van der Waals surface area contributed by atoms with Gasteiger partial charge in [-0.2, -0.15) is 4.98 Å². The molecule has 1 aliphatic heterocycles. The van der Waals surface area contributed by atoms with Gasteiger partial charge in [0.15, 0.2) is 6.33 Å². The van der Waals surface area contributed by atoms with Crippen LogP contribution < -0.4 is 5.32 Å². The number of esters is 1. The van der Waals surface area contributed by atoms with Crippen molar-refractivity contribution in [1.82, 2.24) is 15.5 Å². The van der Waals surface area contributed by atoms with E-state index in [9.17, 15) is 4.79 Å². The van der Waals surface area contributed by atoms with Crippen LogP contribution >= 0.6 is 0 Å². The molecule has 0 radical (unpaired) electrons. The lowest BCUT2D eigenvalue weighted by molar-refractivity contribution is -0.147. The molecular weight excluding hydrogens is 282 g/mol. The number of hydrogen-bond donors (Lipinski definition) is 1. The molecule has 2 heterocycles. The predicted octanol–water partition coefficient (Wildman–Crippen LogP) is 1.48. The first-order valence-corrected chi connectivity index (χ1v) is 7.47. The van der Waals surface area contributed by atoms with Gasteiger partial charge >= 0.3 is 5.97 Å². The lowest BCUT2D eigenvalue weighted by Gasteiger charge is -2.14. The molecular formula is C16H17N3O3. The maximum atomic E-state index is 12.2. The Hall–Kier alpha value is -2.21. The normalized spacial score (nSPS) is 29.1. The number of nitrogens with zero attached hydrogens (tertiary/aromatic N) is 2. The number of benzene rings is 1. The molecule has 0 bridgehead atoms. The molecule has 0 unspecified atom stereocenters. The highest BCUT2D eigenvalue weighted by Crippen LogP contribution is 2.56. The molecule has 0 amide bonds. The molecule has 2 aliphatic rings. The Morgan fingerprint density at radius 1 is 1.36 bits per heavy atom. The zero-order valence-corrected chi connectivity index (χ0v) is 12.1. The Kier molecular flexibility index (Phi) is 3.18. The summed E-state index contributed by atoms with van der Waals surface area (Å²) >= 11 is 0. The maximum absolute atomic E-state index is 12.2. The van der Waals surface area contributed by atoms with Crippen LogP contribution in [0.3, 0.4) is 0 Å². The fraction of sp³-hybridized carbons (Fsp3) is 0.438. The van der Waals surface area contributed by atoms with Gasteiger partial charge in [0.05, 0.1) is 0 Å². The number of piperidine rings is 1. The van der Waals surface area contributed by atoms with Gasteiger partial charge in [-0.3, -0.25) is 4.79 Å². The predicted molar refractivity (Wildman–Crippen MR) is 76.6 cm³/mol. The Balaban J connectivity index is 1.32. The van der Waals surface area contributed by atoms with Crippen LogP contribution in [-0.2, 0) is 22.6 Å². The van der Waals surface area contributed by atoms with Crippen LogP contribution in [0.4, 0.5) is 0 Å². The Morgan fingerprint density at radius 3 is 3.00 bits per heavy atom. The summed E-state index contributed by atoms with van der Waals surface area (Å²) in [6, 6.07) is 9.84. The molecule has 2 aromatic rings. The van der Waals surface area contributed by atoms with Crippen molar-refractivity contribution < 1.29 is 14.1 Å². The molecule has 1 N–H and O–H groups in total. The van der Waals surface area contributed by atoms with Crippen molar-refractivity contribution in [2.45, 2.75) is 38.0 Å². The minimum absolute atomic E-state index is 0.0863. The summed E-state index contributed by atoms with van der Waals surface area (Å²) in [7, 11) is 0. The Morgan fingerprint density at radius 2 is 2.23 bits per heavy atom. The smallest absolute Gasteiger partial charge is 0.323 e. The summed E-state index contributed by atoms with van der Waals surface area (Å²) in [5, 5.41) is 6.99. The maximum Gasteiger partial charge on any atom is 0.323 e. The van der Waals surface area contributed by atoms with Crippen molar-refractivity contribution in [2.24, 2.45) is 5.41 Å². The number of carbonyl (C=O) groups excluding carboxylic acids is 1. The Labute approximate surface area is 127 Å². The van der Waals surface area contributed by atoms with Gasteiger partial charge in [-0.15, -0.1) is 0 Å². The zero-order valence-electron chi connectivity index (χ0n) is 12.1. The second kappa shape index (κ2) is 5.21. The summed E-state index contributed by atoms with van der Waals surface area (Å²) in [4.78, 5) is 16.3. The fourth-order valence-electron chi connectivity index (χ4n) is 3.34. The topological polar surface area (TPSA) is 77.2 Å². The summed E-state index contributed by atoms with van der Waals surface area (Å²) < 4.78 is 10.5. The molecule has 1 aromatic heterocycles. The first-order chi connectivity index (χ1) is 10.8. The van der Waals surface area contributed by atoms with Crippen molar-refractivity contribution in [2.75, 3.05) is 0 Å². The number of nitrogens with one attached hydrogen (secondary N) is 1. The number of aromatic nitrogens is 2. The van der Waals surface area contributed by atoms with E-state index >= 15 is 0 Å². The van der Waals surface area contributed by atoms with Crippen molar-refractivity contribution >= 4 is 5.97 Å². The highest BCUT2D eigenvalue weighted by Gasteiger charge is 2.62. The molecule has 6 nitrogen and oxygen atoms in total. The fourth-order valence-corrected chi connectivity index (χ4v) is 3.34. The number of ether oxygens (including phenoxy) is 1. The van der Waals surface area contributed by atoms with Crippen molar-refractivity contribution in [1.29, 1.82) is 0 Å². The Bertz CT molecular complexity index is 659. The summed E-state index contributed by atoms with van der Waals surface area (Å²) in [6.45, 7) is 0.319. The average Bonchev–Trinajstić information content (AvgIpc) is 2.92. The average molecular weight is 299 g/mol. The molecule has 1 aromatic carbocycles. The van der Waals surface area contributed by atoms with E-state index in [4.69, 9.17) is 9.26 Å². The monoisotopic (exact) mass is 299 g/mol. The van der Waals surface area contributed by atoms with Crippen molar-refractivity contribution in [3.63, 3.8) is 0 Å². The molecule has 1 aliphatic carbocycles. The van der Waals surface area contributed by atoms with Crippen LogP contribution in [0.1, 0.15) is 24.3 Å². The van der Waals surface area contributed by atoms with E-state index in [-0.39, 0.29) is 17.4 Å². The molecule has 1 saturated carbocycles. The molecule has 4 rings (SSSR count). The molecule has 114 valence electrons. The zero-order chi connectivity index (χ0) is 15.0. The highest BCUT2D eigenvalue weighted by molar-refractivity contribution is 5.77. The number of fused-ring (bicyclic) bond motifs is 1. The first kappa shape index (κ1) is 13.5. The minimum Gasteiger partial charge on any atom is -0.460 e. The van der Waals surface area contributed by atoms with E-state index in [1.165, 1.54) is 6.33 Å². The third-order valence-corrected chi connectivity index (χ3v) is 4.62. The van der Waals surface area contributed by atoms with Gasteiger partial charge in [-0.05, 0) is 23.8 Å². The van der Waals surface area contributed by atoms with Gasteiger partial charge < -0.3 is 14.6 Å². The van der Waals surface area contributed by atoms with Gasteiger partial charge in [-0.25, -0.2) is 0 Å². The van der Waals surface area contributed by atoms with Crippen LogP contribution in [0.2, 0.25) is 0 Å². The molecule has 6 heteroatoms. The second-order valence-corrected chi connectivity index (χ2v) is 6.15. The van der Waals surface area contributed by atoms with Crippen molar-refractivity contribution in [3.8, 4) is 0 Å². The summed E-state index contributed by atoms with van der Waals surface area (Å²) in [6.07, 6.45) is 3.97. The van der Waals surface area contributed by atoms with E-state index in [1.54, 1.807) is 0 Å². The standard InChI is InChI=1S/C16H17N3O3/c20-15(21-9-11-4-2-1-3-5-11)12-6-16(7-13(16)19-12)8-14-17-10-18-22-14/h1-5,10,12-13,19H,6-9H2/t12-,13-,16+/m0/s1. The van der Waals surface area contributed by atoms with Gasteiger partial charge in [0.2, 0.25) is 5.89 Å². The first-order valence-electron chi connectivity index (χ1n) is 7.47. The molecule has 1 saturated heterocycles. The largest absolute Gasteiger partial charge is 0.460 e. The molecule has 0 spiro atoms. The number of hydrogen-bond acceptors (Lipinski definition) is 6. The summed E-state index contributed by atoms with van der Waals surface area (Å²) in [5.74, 6) is 0.462. The van der Waals surface area contributed by atoms with E-state index in [0.717, 1.165) is 24.8 Å². The summed E-state index contributed by atoms with van der Waals surface area (Å²) in [5.41, 5.74) is 1.09. The minimum atomic E-state index is -0.231. The van der Waals surface area contributed by atoms with Crippen LogP contribution in [0.5, 0.6) is 0 Å². The van der Waals surface area contributed by atoms with Crippen molar-refractivity contribution in [3.05, 3.63) is 48.1 Å². The van der Waals surface area contributed by atoms with E-state index in [2.05, 4.69) is 15.5 Å². The van der Waals surface area contributed by atoms with Gasteiger partial charge in [0, 0.05) is 12.5 Å². The lowest BCUT2D eigenvalue weighted by atomic mass is 9.96. The van der Waals surface area contributed by atoms with Crippen LogP contribution in [-0.4, -0.2) is 28.2 Å². The lowest BCUT2D eigenvalue weighted by Crippen LogP contribution is -2.35. The second-order valence-electron chi connectivity index (χ2n) is 6.15. The quantitative estimate of drug-likeness (QED) is 0.843. The third-order valence-electron chi connectivity index (χ3n) is 4.62. The van der Waals surface area contributed by atoms with E-state index < -0.39 is 0 Å². The highest BCUT2D eigenvalue weighted by atomic mass is 16.5. The van der Waals surface area contributed by atoms with Gasteiger partial charge in [0.1, 0.15) is 12.6 Å². The number of rotatable bonds is 5. The van der Waals surface area contributed by atoms with E-state index in [1.807, 2.05) is 30.3 Å². The van der Waals surface area contributed by atoms with E-state index in [0.29, 0.717) is 18.5 Å². The number of carbonyl (C=O) groups is 1. The molecule has 22 heavy (non-hydrogen) atoms. The molecule has 2 fully saturated rings. The van der Waals surface area contributed by atoms with Gasteiger partial charge in [0.25, 0.3) is 0 Å². The van der Waals surface area contributed by atoms with Crippen LogP contribution in [0.25, 0.3) is 0 Å². The van der Waals surface area contributed by atoms with Crippen LogP contribution in [0, 0.1) is 5.41 Å². The molecule has 3 atom stereocenters. The SMILES string of the molecule is O=C(OCc1ccccc1)[C@@H]1C[C@]2(Cc3ncno3)C[C@@H]2N1.